The second-order valence-corrected chi connectivity index (χ2v) is 5.32. The Morgan fingerprint density at radius 3 is 2.29 bits per heavy atom. The third-order valence-corrected chi connectivity index (χ3v) is 3.54. The Hall–Kier alpha value is -1.53. The third-order valence-electron chi connectivity index (χ3n) is 3.54. The smallest absolute Gasteiger partial charge is 0.370 e. The van der Waals surface area contributed by atoms with E-state index in [9.17, 15) is 13.2 Å². The fourth-order valence-electron chi connectivity index (χ4n) is 2.55. The zero-order valence-electron chi connectivity index (χ0n) is 12.1. The summed E-state index contributed by atoms with van der Waals surface area (Å²) in [5, 5.41) is 5.96. The molecule has 0 bridgehead atoms. The van der Waals surface area contributed by atoms with Crippen molar-refractivity contribution < 1.29 is 13.2 Å². The Morgan fingerprint density at radius 1 is 1.10 bits per heavy atom. The summed E-state index contributed by atoms with van der Waals surface area (Å²) >= 11 is 0. The number of halogens is 3. The average molecular weight is 302 g/mol. The van der Waals surface area contributed by atoms with Gasteiger partial charge >= 0.3 is 6.18 Å². The minimum absolute atomic E-state index is 0.193. The van der Waals surface area contributed by atoms with Gasteiger partial charge in [-0.2, -0.15) is 13.2 Å². The first-order valence-corrected chi connectivity index (χ1v) is 7.45. The second-order valence-electron chi connectivity index (χ2n) is 5.32. The summed E-state index contributed by atoms with van der Waals surface area (Å²) in [7, 11) is 0. The van der Waals surface area contributed by atoms with Gasteiger partial charge in [-0.3, -0.25) is 0 Å². The molecule has 0 unspecified atom stereocenters. The topological polar surface area (TPSA) is 49.8 Å². The molecule has 1 heterocycles. The fourth-order valence-corrected chi connectivity index (χ4v) is 2.55. The molecule has 0 saturated heterocycles. The van der Waals surface area contributed by atoms with Crippen LogP contribution in [0.25, 0.3) is 0 Å². The fraction of sp³-hybridized carbons (Fsp3) is 0.714. The van der Waals surface area contributed by atoms with E-state index >= 15 is 0 Å². The molecule has 118 valence electrons. The van der Waals surface area contributed by atoms with Crippen LogP contribution in [0.2, 0.25) is 0 Å². The van der Waals surface area contributed by atoms with E-state index < -0.39 is 12.0 Å². The number of hydrogen-bond acceptors (Lipinski definition) is 4. The van der Waals surface area contributed by atoms with Gasteiger partial charge in [-0.1, -0.05) is 25.7 Å². The Bertz CT molecular complexity index is 454. The van der Waals surface area contributed by atoms with E-state index in [1.165, 1.54) is 12.8 Å². The van der Waals surface area contributed by atoms with Crippen molar-refractivity contribution in [2.45, 2.75) is 57.7 Å². The van der Waals surface area contributed by atoms with E-state index in [0.29, 0.717) is 6.54 Å². The number of hydrogen-bond donors (Lipinski definition) is 2. The highest BCUT2D eigenvalue weighted by Gasteiger charge is 2.35. The maximum absolute atomic E-state index is 12.9. The molecule has 0 aliphatic heterocycles. The number of nitrogens with one attached hydrogen (secondary N) is 2. The molecule has 0 spiro atoms. The molecule has 1 aromatic rings. The first-order chi connectivity index (χ1) is 9.99. The van der Waals surface area contributed by atoms with Crippen molar-refractivity contribution in [3.63, 3.8) is 0 Å². The van der Waals surface area contributed by atoms with E-state index in [2.05, 4.69) is 20.6 Å². The van der Waals surface area contributed by atoms with Gasteiger partial charge in [-0.05, 0) is 19.8 Å². The first-order valence-electron chi connectivity index (χ1n) is 7.45. The highest BCUT2D eigenvalue weighted by Crippen LogP contribution is 2.29. The van der Waals surface area contributed by atoms with Crippen molar-refractivity contribution in [2.24, 2.45) is 0 Å². The number of alkyl halides is 3. The Morgan fingerprint density at radius 2 is 1.71 bits per heavy atom. The highest BCUT2D eigenvalue weighted by molar-refractivity contribution is 5.48. The van der Waals surface area contributed by atoms with Crippen molar-refractivity contribution in [1.29, 1.82) is 0 Å². The molecule has 1 fully saturated rings. The van der Waals surface area contributed by atoms with Crippen molar-refractivity contribution >= 4 is 11.6 Å². The molecule has 1 aromatic heterocycles. The van der Waals surface area contributed by atoms with Gasteiger partial charge in [0.05, 0.1) is 0 Å². The summed E-state index contributed by atoms with van der Waals surface area (Å²) in [6.07, 6.45) is 2.01. The Kier molecular flexibility index (Phi) is 5.25. The molecule has 2 rings (SSSR count). The van der Waals surface area contributed by atoms with E-state index in [0.717, 1.165) is 25.7 Å². The maximum atomic E-state index is 12.9. The number of rotatable bonds is 4. The van der Waals surface area contributed by atoms with Gasteiger partial charge in [-0.25, -0.2) is 9.97 Å². The van der Waals surface area contributed by atoms with Gasteiger partial charge < -0.3 is 10.6 Å². The zero-order chi connectivity index (χ0) is 15.3. The Balaban J connectivity index is 2.18. The molecule has 1 aliphatic carbocycles. The summed E-state index contributed by atoms with van der Waals surface area (Å²) in [6.45, 7) is 2.32. The van der Waals surface area contributed by atoms with Gasteiger partial charge in [0.1, 0.15) is 11.6 Å². The van der Waals surface area contributed by atoms with Gasteiger partial charge in [0.2, 0.25) is 5.82 Å². The second kappa shape index (κ2) is 6.95. The van der Waals surface area contributed by atoms with Crippen LogP contribution in [-0.2, 0) is 6.18 Å². The minimum Gasteiger partial charge on any atom is -0.370 e. The van der Waals surface area contributed by atoms with Crippen LogP contribution in [0.15, 0.2) is 6.07 Å². The van der Waals surface area contributed by atoms with Crippen LogP contribution in [0.4, 0.5) is 24.8 Å². The van der Waals surface area contributed by atoms with Crippen LogP contribution in [0.3, 0.4) is 0 Å². The van der Waals surface area contributed by atoms with E-state index in [1.54, 1.807) is 6.07 Å². The average Bonchev–Trinajstić information content (AvgIpc) is 2.66. The van der Waals surface area contributed by atoms with Crippen molar-refractivity contribution in [3.05, 3.63) is 11.9 Å². The van der Waals surface area contributed by atoms with E-state index in [4.69, 9.17) is 0 Å². The van der Waals surface area contributed by atoms with Crippen LogP contribution < -0.4 is 10.6 Å². The first kappa shape index (κ1) is 15.9. The van der Waals surface area contributed by atoms with Crippen LogP contribution in [-0.4, -0.2) is 22.6 Å². The number of anilines is 2. The van der Waals surface area contributed by atoms with Crippen molar-refractivity contribution in [2.75, 3.05) is 17.2 Å². The van der Waals surface area contributed by atoms with Crippen molar-refractivity contribution in [3.8, 4) is 0 Å². The molecule has 21 heavy (non-hydrogen) atoms. The normalized spacial score (nSPS) is 17.3. The summed E-state index contributed by atoms with van der Waals surface area (Å²) in [5.74, 6) is -0.645. The largest absolute Gasteiger partial charge is 0.451 e. The minimum atomic E-state index is -4.54. The van der Waals surface area contributed by atoms with E-state index in [1.807, 2.05) is 6.92 Å². The molecule has 2 N–H and O–H groups in total. The van der Waals surface area contributed by atoms with Crippen molar-refractivity contribution in [1.82, 2.24) is 9.97 Å². The lowest BCUT2D eigenvalue weighted by Gasteiger charge is -2.18. The standard InChI is InChI=1S/C14H21F3N4/c1-2-18-11-9-12(21-13(20-11)14(15,16)17)19-10-7-5-3-4-6-8-10/h9-10H,2-8H2,1H3,(H2,18,19,20,21). The Labute approximate surface area is 122 Å². The van der Waals surface area contributed by atoms with Crippen LogP contribution in [0, 0.1) is 0 Å². The van der Waals surface area contributed by atoms with Gasteiger partial charge in [0, 0.05) is 18.7 Å². The summed E-state index contributed by atoms with van der Waals surface area (Å²) < 4.78 is 38.6. The SMILES string of the molecule is CCNc1cc(NC2CCCCCC2)nc(C(F)(F)F)n1. The lowest BCUT2D eigenvalue weighted by molar-refractivity contribution is -0.144. The summed E-state index contributed by atoms with van der Waals surface area (Å²) in [5.41, 5.74) is 0. The molecule has 0 atom stereocenters. The quantitative estimate of drug-likeness (QED) is 0.823. The number of aromatic nitrogens is 2. The highest BCUT2D eigenvalue weighted by atomic mass is 19.4. The maximum Gasteiger partial charge on any atom is 0.451 e. The van der Waals surface area contributed by atoms with Gasteiger partial charge in [-0.15, -0.1) is 0 Å². The summed E-state index contributed by atoms with van der Waals surface area (Å²) in [6, 6.07) is 1.74. The molecular weight excluding hydrogens is 281 g/mol. The molecule has 1 aliphatic rings. The molecule has 4 nitrogen and oxygen atoms in total. The van der Waals surface area contributed by atoms with Crippen LogP contribution in [0.5, 0.6) is 0 Å². The molecule has 1 saturated carbocycles. The van der Waals surface area contributed by atoms with Crippen LogP contribution >= 0.6 is 0 Å². The van der Waals surface area contributed by atoms with Gasteiger partial charge in [0.25, 0.3) is 0 Å². The van der Waals surface area contributed by atoms with Crippen LogP contribution in [0.1, 0.15) is 51.3 Å². The molecule has 0 radical (unpaired) electrons. The summed E-state index contributed by atoms with van der Waals surface area (Å²) in [4.78, 5) is 7.14. The zero-order valence-corrected chi connectivity index (χ0v) is 12.1. The third kappa shape index (κ3) is 4.75. The lowest BCUT2D eigenvalue weighted by Crippen LogP contribution is -2.21. The predicted octanol–water partition coefficient (Wildman–Crippen LogP) is 4.06. The van der Waals surface area contributed by atoms with Gasteiger partial charge in [0.15, 0.2) is 0 Å². The monoisotopic (exact) mass is 302 g/mol. The predicted molar refractivity (Wildman–Crippen MR) is 76.3 cm³/mol. The molecule has 0 aromatic carbocycles. The lowest BCUT2D eigenvalue weighted by atomic mass is 10.1. The molecule has 0 amide bonds. The molecular formula is C14H21F3N4. The number of nitrogens with zero attached hydrogens (tertiary/aromatic N) is 2. The van der Waals surface area contributed by atoms with E-state index in [-0.39, 0.29) is 17.7 Å². The molecule has 7 heteroatoms.